The van der Waals surface area contributed by atoms with Gasteiger partial charge in [-0.15, -0.1) is 0 Å². The largest absolute Gasteiger partial charge is 0.326 e. The number of urea groups is 1. The summed E-state index contributed by atoms with van der Waals surface area (Å²) in [6.45, 7) is 2.10. The molecule has 3 N–H and O–H groups in total. The Balaban J connectivity index is 1.97. The van der Waals surface area contributed by atoms with Crippen molar-refractivity contribution in [1.29, 1.82) is 0 Å². The molecule has 1 saturated heterocycles. The summed E-state index contributed by atoms with van der Waals surface area (Å²) in [4.78, 5) is 16.4. The summed E-state index contributed by atoms with van der Waals surface area (Å²) in [5.74, 6) is 0. The summed E-state index contributed by atoms with van der Waals surface area (Å²) in [6.07, 6.45) is 2.21. The lowest BCUT2D eigenvalue weighted by Gasteiger charge is -2.36. The van der Waals surface area contributed by atoms with Crippen molar-refractivity contribution in [3.63, 3.8) is 0 Å². The number of anilines is 1. The highest BCUT2D eigenvalue weighted by atomic mass is 16.2. The van der Waals surface area contributed by atoms with Crippen LogP contribution in [0.3, 0.4) is 0 Å². The number of likely N-dealkylation sites (N-methyl/N-ethyl adjacent to an activating group) is 1. The van der Waals surface area contributed by atoms with Gasteiger partial charge in [-0.25, -0.2) is 4.79 Å². The normalized spacial score (nSPS) is 19.2. The van der Waals surface area contributed by atoms with Crippen LogP contribution in [-0.2, 0) is 6.54 Å². The second-order valence-corrected chi connectivity index (χ2v) is 5.54. The molecule has 0 aromatic heterocycles. The average molecular weight is 276 g/mol. The van der Waals surface area contributed by atoms with E-state index in [1.165, 1.54) is 0 Å². The molecule has 1 fully saturated rings. The average Bonchev–Trinajstić information content (AvgIpc) is 2.47. The van der Waals surface area contributed by atoms with Crippen LogP contribution in [0.25, 0.3) is 0 Å². The van der Waals surface area contributed by atoms with Gasteiger partial charge in [0.1, 0.15) is 0 Å². The molecule has 0 spiro atoms. The third-order valence-corrected chi connectivity index (χ3v) is 3.83. The molecule has 1 aliphatic heterocycles. The van der Waals surface area contributed by atoms with Crippen LogP contribution in [0.5, 0.6) is 0 Å². The van der Waals surface area contributed by atoms with E-state index in [1.54, 1.807) is 0 Å². The number of hydrogen-bond acceptors (Lipinski definition) is 3. The van der Waals surface area contributed by atoms with E-state index >= 15 is 0 Å². The molecule has 110 valence electrons. The van der Waals surface area contributed by atoms with Gasteiger partial charge in [-0.1, -0.05) is 12.1 Å². The van der Waals surface area contributed by atoms with E-state index in [1.807, 2.05) is 29.2 Å². The number of likely N-dealkylation sites (tertiary alicyclic amines) is 1. The lowest BCUT2D eigenvalue weighted by Crippen LogP contribution is -2.48. The highest BCUT2D eigenvalue weighted by Crippen LogP contribution is 2.16. The molecule has 2 rings (SSSR count). The second kappa shape index (κ2) is 6.72. The first kappa shape index (κ1) is 14.8. The van der Waals surface area contributed by atoms with Gasteiger partial charge in [-0.2, -0.15) is 0 Å². The van der Waals surface area contributed by atoms with Gasteiger partial charge >= 0.3 is 6.03 Å². The lowest BCUT2D eigenvalue weighted by molar-refractivity contribution is 0.148. The molecular weight excluding hydrogens is 252 g/mol. The Morgan fingerprint density at radius 1 is 1.50 bits per heavy atom. The van der Waals surface area contributed by atoms with E-state index in [-0.39, 0.29) is 6.03 Å². The van der Waals surface area contributed by atoms with Crippen LogP contribution in [-0.4, -0.2) is 49.1 Å². The molecule has 2 amide bonds. The molecule has 1 aromatic rings. The Labute approximate surface area is 120 Å². The van der Waals surface area contributed by atoms with Crippen molar-refractivity contribution >= 4 is 11.7 Å². The Bertz CT molecular complexity index is 461. The molecule has 5 heteroatoms. The monoisotopic (exact) mass is 276 g/mol. The van der Waals surface area contributed by atoms with Gasteiger partial charge in [0.15, 0.2) is 0 Å². The smallest absolute Gasteiger partial charge is 0.321 e. The first-order valence-corrected chi connectivity index (χ1v) is 7.11. The Morgan fingerprint density at radius 2 is 2.30 bits per heavy atom. The molecule has 0 aliphatic carbocycles. The zero-order valence-electron chi connectivity index (χ0n) is 12.3. The molecule has 1 heterocycles. The highest BCUT2D eigenvalue weighted by Gasteiger charge is 2.24. The molecule has 1 aromatic carbocycles. The summed E-state index contributed by atoms with van der Waals surface area (Å²) in [6, 6.07) is 8.11. The summed E-state index contributed by atoms with van der Waals surface area (Å²) in [5, 5.41) is 2.96. The number of piperidine rings is 1. The predicted molar refractivity (Wildman–Crippen MR) is 81.6 cm³/mol. The van der Waals surface area contributed by atoms with Gasteiger partial charge in [-0.05, 0) is 44.6 Å². The van der Waals surface area contributed by atoms with Crippen LogP contribution in [0.4, 0.5) is 10.5 Å². The molecule has 0 bridgehead atoms. The van der Waals surface area contributed by atoms with Gasteiger partial charge in [-0.3, -0.25) is 0 Å². The molecule has 0 radical (unpaired) electrons. The Morgan fingerprint density at radius 3 is 3.00 bits per heavy atom. The number of carbonyl (C=O) groups excluding carboxylic acids is 1. The van der Waals surface area contributed by atoms with E-state index in [0.717, 1.165) is 37.2 Å². The van der Waals surface area contributed by atoms with Crippen molar-refractivity contribution in [2.45, 2.75) is 25.4 Å². The maximum Gasteiger partial charge on any atom is 0.321 e. The molecule has 0 saturated carbocycles. The maximum atomic E-state index is 12.3. The topological polar surface area (TPSA) is 61.6 Å². The van der Waals surface area contributed by atoms with Crippen molar-refractivity contribution in [2.24, 2.45) is 5.73 Å². The summed E-state index contributed by atoms with van der Waals surface area (Å²) < 4.78 is 0. The molecule has 1 unspecified atom stereocenters. The number of rotatable bonds is 3. The minimum atomic E-state index is -0.0225. The number of amides is 2. The SMILES string of the molecule is CN(C)C1CCCN(C(=O)Nc2cccc(CN)c2)C1. The third-order valence-electron chi connectivity index (χ3n) is 3.83. The summed E-state index contributed by atoms with van der Waals surface area (Å²) in [7, 11) is 4.13. The van der Waals surface area contributed by atoms with Gasteiger partial charge in [0, 0.05) is 31.4 Å². The van der Waals surface area contributed by atoms with Crippen LogP contribution in [0.2, 0.25) is 0 Å². The number of benzene rings is 1. The predicted octanol–water partition coefficient (Wildman–Crippen LogP) is 1.70. The second-order valence-electron chi connectivity index (χ2n) is 5.54. The van der Waals surface area contributed by atoms with E-state index in [0.29, 0.717) is 12.6 Å². The zero-order valence-corrected chi connectivity index (χ0v) is 12.3. The number of nitrogens with one attached hydrogen (secondary N) is 1. The van der Waals surface area contributed by atoms with Crippen molar-refractivity contribution in [3.8, 4) is 0 Å². The van der Waals surface area contributed by atoms with Crippen molar-refractivity contribution in [3.05, 3.63) is 29.8 Å². The standard InChI is InChI=1S/C15H24N4O/c1-18(2)14-7-4-8-19(11-14)15(20)17-13-6-3-5-12(9-13)10-16/h3,5-6,9,14H,4,7-8,10-11,16H2,1-2H3,(H,17,20). The van der Waals surface area contributed by atoms with Crippen LogP contribution < -0.4 is 11.1 Å². The number of hydrogen-bond donors (Lipinski definition) is 2. The fourth-order valence-corrected chi connectivity index (χ4v) is 2.54. The van der Waals surface area contributed by atoms with Crippen LogP contribution in [0.15, 0.2) is 24.3 Å². The van der Waals surface area contributed by atoms with Crippen molar-refractivity contribution in [1.82, 2.24) is 9.80 Å². The number of nitrogens with zero attached hydrogens (tertiary/aromatic N) is 2. The van der Waals surface area contributed by atoms with Crippen molar-refractivity contribution in [2.75, 3.05) is 32.5 Å². The molecular formula is C15H24N4O. The van der Waals surface area contributed by atoms with E-state index in [9.17, 15) is 4.79 Å². The Hall–Kier alpha value is -1.59. The van der Waals surface area contributed by atoms with Crippen LogP contribution >= 0.6 is 0 Å². The number of carbonyl (C=O) groups is 1. The minimum Gasteiger partial charge on any atom is -0.326 e. The first-order valence-electron chi connectivity index (χ1n) is 7.11. The quantitative estimate of drug-likeness (QED) is 0.883. The highest BCUT2D eigenvalue weighted by molar-refractivity contribution is 5.89. The fourth-order valence-electron chi connectivity index (χ4n) is 2.54. The van der Waals surface area contributed by atoms with Crippen molar-refractivity contribution < 1.29 is 4.79 Å². The first-order chi connectivity index (χ1) is 9.60. The van der Waals surface area contributed by atoms with Gasteiger partial charge in [0.05, 0.1) is 0 Å². The Kier molecular flexibility index (Phi) is 4.98. The zero-order chi connectivity index (χ0) is 14.5. The fraction of sp³-hybridized carbons (Fsp3) is 0.533. The number of nitrogens with two attached hydrogens (primary N) is 1. The van der Waals surface area contributed by atoms with E-state index < -0.39 is 0 Å². The van der Waals surface area contributed by atoms with Crippen LogP contribution in [0, 0.1) is 0 Å². The van der Waals surface area contributed by atoms with Gasteiger partial charge in [0.2, 0.25) is 0 Å². The molecule has 1 atom stereocenters. The summed E-state index contributed by atoms with van der Waals surface area (Å²) >= 11 is 0. The molecule has 20 heavy (non-hydrogen) atoms. The lowest BCUT2D eigenvalue weighted by atomic mass is 10.1. The summed E-state index contributed by atoms with van der Waals surface area (Å²) in [5.41, 5.74) is 7.45. The van der Waals surface area contributed by atoms with Gasteiger partial charge in [0.25, 0.3) is 0 Å². The maximum absolute atomic E-state index is 12.3. The van der Waals surface area contributed by atoms with E-state index in [4.69, 9.17) is 5.73 Å². The minimum absolute atomic E-state index is 0.0225. The van der Waals surface area contributed by atoms with Crippen LogP contribution in [0.1, 0.15) is 18.4 Å². The van der Waals surface area contributed by atoms with E-state index in [2.05, 4.69) is 24.3 Å². The third kappa shape index (κ3) is 3.71. The van der Waals surface area contributed by atoms with Gasteiger partial charge < -0.3 is 20.9 Å². The molecule has 1 aliphatic rings. The molecule has 5 nitrogen and oxygen atoms in total.